The Kier molecular flexibility index (Phi) is 10.6. The van der Waals surface area contributed by atoms with Crippen LogP contribution in [0.5, 0.6) is 34.5 Å². The summed E-state index contributed by atoms with van der Waals surface area (Å²) in [4.78, 5) is 12.3. The lowest BCUT2D eigenvalue weighted by atomic mass is 9.81. The Morgan fingerprint density at radius 3 is 2.07 bits per heavy atom. The predicted octanol–water partition coefficient (Wildman–Crippen LogP) is 3.91. The van der Waals surface area contributed by atoms with Crippen molar-refractivity contribution in [2.75, 3.05) is 35.0 Å². The van der Waals surface area contributed by atoms with Gasteiger partial charge in [-0.3, -0.25) is 4.79 Å². The van der Waals surface area contributed by atoms with Crippen molar-refractivity contribution in [2.24, 2.45) is 0 Å². The first-order valence-electron chi connectivity index (χ1n) is 17.9. The molecule has 4 aromatic carbocycles. The van der Waals surface area contributed by atoms with Crippen LogP contribution >= 0.6 is 0 Å². The molecule has 3 aliphatic rings. The Balaban J connectivity index is 1.56. The molecule has 15 nitrogen and oxygen atoms in total. The van der Waals surface area contributed by atoms with E-state index in [0.29, 0.717) is 67.3 Å². The molecule has 3 heterocycles. The predicted molar refractivity (Wildman–Crippen MR) is 196 cm³/mol. The Morgan fingerprint density at radius 1 is 0.800 bits per heavy atom. The lowest BCUT2D eigenvalue weighted by Crippen LogP contribution is -2.60. The van der Waals surface area contributed by atoms with Crippen LogP contribution in [0.15, 0.2) is 24.3 Å². The molecule has 1 fully saturated rings. The lowest BCUT2D eigenvalue weighted by Gasteiger charge is -2.41. The first-order chi connectivity index (χ1) is 26.4. The standard InChI is InChI=1S/C40H46O15/c1-16-8-20-24(14-51-16)34(43)32-22(9-19(10-26(32)47-4)54-40-37(46)36(45)39(50-7)29(13-41)55-40)30(20)31-23-11-21-25(15-52-17(2)38(21)53-18(3)42)35(44)33(23)28(49-6)12-27(31)48-5/h9-12,16-17,29,36-41,43-46H,8,13-15H2,1-7H3. The van der Waals surface area contributed by atoms with Gasteiger partial charge in [-0.05, 0) is 43.5 Å². The third-order valence-electron chi connectivity index (χ3n) is 10.8. The van der Waals surface area contributed by atoms with Gasteiger partial charge in [-0.2, -0.15) is 0 Å². The first kappa shape index (κ1) is 38.7. The highest BCUT2D eigenvalue weighted by molar-refractivity contribution is 6.15. The maximum atomic E-state index is 12.3. The van der Waals surface area contributed by atoms with E-state index in [-0.39, 0.29) is 42.3 Å². The third-order valence-corrected chi connectivity index (χ3v) is 10.8. The number of methoxy groups -OCH3 is 4. The highest BCUT2D eigenvalue weighted by Gasteiger charge is 2.46. The van der Waals surface area contributed by atoms with Gasteiger partial charge in [0.15, 0.2) is 6.10 Å². The molecule has 296 valence electrons. The second-order valence-electron chi connectivity index (χ2n) is 14.0. The number of aliphatic hydroxyl groups is 3. The van der Waals surface area contributed by atoms with Gasteiger partial charge in [0, 0.05) is 59.2 Å². The molecule has 4 aromatic rings. The fourth-order valence-electron chi connectivity index (χ4n) is 8.13. The Labute approximate surface area is 316 Å². The van der Waals surface area contributed by atoms with Crippen molar-refractivity contribution in [1.82, 2.24) is 0 Å². The molecule has 0 aliphatic carbocycles. The number of carbonyl (C=O) groups is 1. The first-order valence-corrected chi connectivity index (χ1v) is 17.9. The van der Waals surface area contributed by atoms with Gasteiger partial charge in [0.05, 0.1) is 64.1 Å². The monoisotopic (exact) mass is 766 g/mol. The molecule has 3 aliphatic heterocycles. The van der Waals surface area contributed by atoms with E-state index < -0.39 is 55.5 Å². The largest absolute Gasteiger partial charge is 0.507 e. The minimum atomic E-state index is -1.57. The number of phenols is 2. The van der Waals surface area contributed by atoms with E-state index in [1.807, 2.05) is 13.0 Å². The highest BCUT2D eigenvalue weighted by atomic mass is 16.7. The number of phenolic OH excluding ortho intramolecular Hbond substituents is 2. The summed E-state index contributed by atoms with van der Waals surface area (Å²) in [7, 11) is 5.75. The summed E-state index contributed by atoms with van der Waals surface area (Å²) >= 11 is 0. The molecule has 5 N–H and O–H groups in total. The average molecular weight is 767 g/mol. The van der Waals surface area contributed by atoms with E-state index in [9.17, 15) is 30.3 Å². The Hall–Kier alpha value is -4.61. The van der Waals surface area contributed by atoms with Gasteiger partial charge in [0.2, 0.25) is 6.29 Å². The quantitative estimate of drug-likeness (QED) is 0.153. The van der Waals surface area contributed by atoms with Crippen molar-refractivity contribution in [3.63, 3.8) is 0 Å². The third kappa shape index (κ3) is 6.43. The summed E-state index contributed by atoms with van der Waals surface area (Å²) in [6.07, 6.45) is -7.76. The number of hydrogen-bond donors (Lipinski definition) is 5. The van der Waals surface area contributed by atoms with Crippen LogP contribution in [-0.4, -0.2) is 109 Å². The second kappa shape index (κ2) is 15.1. The molecule has 15 heteroatoms. The van der Waals surface area contributed by atoms with E-state index in [0.717, 1.165) is 5.56 Å². The van der Waals surface area contributed by atoms with E-state index in [1.54, 1.807) is 19.1 Å². The summed E-state index contributed by atoms with van der Waals surface area (Å²) in [5, 5.41) is 57.4. The van der Waals surface area contributed by atoms with E-state index in [1.165, 1.54) is 41.4 Å². The van der Waals surface area contributed by atoms with Crippen molar-refractivity contribution >= 4 is 27.5 Å². The maximum Gasteiger partial charge on any atom is 0.303 e. The van der Waals surface area contributed by atoms with Crippen LogP contribution in [0, 0.1) is 0 Å². The molecule has 1 saturated heterocycles. The van der Waals surface area contributed by atoms with Crippen LogP contribution in [0.3, 0.4) is 0 Å². The summed E-state index contributed by atoms with van der Waals surface area (Å²) in [6, 6.07) is 6.68. The number of fused-ring (bicyclic) bond motifs is 4. The molecule has 0 amide bonds. The Morgan fingerprint density at radius 2 is 1.44 bits per heavy atom. The SMILES string of the molecule is COc1cc(OC)c2c(O)c3c(cc2c1-c1c2c(c(O)c4c(OC)cc(OC5OC(CO)C(OC)C(O)C5O)cc14)COC(C)C2)C(OC(C)=O)C(C)OC3. The molecule has 0 aromatic heterocycles. The molecule has 7 rings (SSSR count). The fourth-order valence-corrected chi connectivity index (χ4v) is 8.13. The van der Waals surface area contributed by atoms with E-state index >= 15 is 0 Å². The summed E-state index contributed by atoms with van der Waals surface area (Å²) in [6.45, 7) is 4.63. The van der Waals surface area contributed by atoms with Crippen molar-refractivity contribution < 1.29 is 73.0 Å². The highest BCUT2D eigenvalue weighted by Crippen LogP contribution is 2.55. The lowest BCUT2D eigenvalue weighted by molar-refractivity contribution is -0.281. The van der Waals surface area contributed by atoms with Gasteiger partial charge in [0.25, 0.3) is 0 Å². The minimum Gasteiger partial charge on any atom is -0.507 e. The summed E-state index contributed by atoms with van der Waals surface area (Å²) in [5.41, 5.74) is 3.33. The Bertz CT molecular complexity index is 2130. The van der Waals surface area contributed by atoms with E-state index in [4.69, 9.17) is 42.6 Å². The number of benzene rings is 4. The van der Waals surface area contributed by atoms with Crippen molar-refractivity contribution in [1.29, 1.82) is 0 Å². The topological polar surface area (TPSA) is 201 Å². The molecule has 0 spiro atoms. The summed E-state index contributed by atoms with van der Waals surface area (Å²) < 4.78 is 52.8. The van der Waals surface area contributed by atoms with Crippen LogP contribution in [0.4, 0.5) is 0 Å². The normalized spacial score (nSPS) is 26.3. The molecular weight excluding hydrogens is 720 g/mol. The fraction of sp³-hybridized carbons (Fsp3) is 0.475. The molecule has 0 radical (unpaired) electrons. The van der Waals surface area contributed by atoms with Gasteiger partial charge in [-0.15, -0.1) is 0 Å². The second-order valence-corrected chi connectivity index (χ2v) is 14.0. The van der Waals surface area contributed by atoms with Gasteiger partial charge in [-0.25, -0.2) is 0 Å². The van der Waals surface area contributed by atoms with Crippen LogP contribution < -0.4 is 18.9 Å². The minimum absolute atomic E-state index is 0.0525. The number of ether oxygens (including phenoxy) is 9. The van der Waals surface area contributed by atoms with E-state index in [2.05, 4.69) is 0 Å². The molecule has 8 atom stereocenters. The van der Waals surface area contributed by atoms with Crippen LogP contribution in [0.1, 0.15) is 49.1 Å². The van der Waals surface area contributed by atoms with Crippen LogP contribution in [-0.2, 0) is 48.1 Å². The zero-order valence-electron chi connectivity index (χ0n) is 31.6. The smallest absolute Gasteiger partial charge is 0.303 e. The van der Waals surface area contributed by atoms with Crippen LogP contribution in [0.25, 0.3) is 32.7 Å². The molecule has 8 unspecified atom stereocenters. The molecule has 55 heavy (non-hydrogen) atoms. The number of hydrogen-bond acceptors (Lipinski definition) is 15. The average Bonchev–Trinajstić information content (AvgIpc) is 3.17. The van der Waals surface area contributed by atoms with Gasteiger partial charge in [0.1, 0.15) is 58.9 Å². The molecular formula is C40H46O15. The number of esters is 1. The zero-order valence-corrected chi connectivity index (χ0v) is 31.6. The molecule has 0 bridgehead atoms. The number of aliphatic hydroxyl groups excluding tert-OH is 3. The van der Waals surface area contributed by atoms with Gasteiger partial charge < -0.3 is 68.2 Å². The number of rotatable bonds is 9. The van der Waals surface area contributed by atoms with Crippen molar-refractivity contribution in [2.45, 2.75) is 89.4 Å². The zero-order chi connectivity index (χ0) is 39.5. The van der Waals surface area contributed by atoms with Crippen molar-refractivity contribution in [3.8, 4) is 45.6 Å². The maximum absolute atomic E-state index is 12.3. The molecule has 0 saturated carbocycles. The summed E-state index contributed by atoms with van der Waals surface area (Å²) in [5.74, 6) is 0.278. The number of aromatic hydroxyl groups is 2. The number of carbonyl (C=O) groups excluding carboxylic acids is 1. The van der Waals surface area contributed by atoms with Crippen molar-refractivity contribution in [3.05, 3.63) is 46.5 Å². The van der Waals surface area contributed by atoms with Gasteiger partial charge >= 0.3 is 5.97 Å². The van der Waals surface area contributed by atoms with Gasteiger partial charge in [-0.1, -0.05) is 0 Å². The van der Waals surface area contributed by atoms with Crippen LogP contribution in [0.2, 0.25) is 0 Å².